The van der Waals surface area contributed by atoms with Gasteiger partial charge in [0.25, 0.3) is 5.91 Å². The summed E-state index contributed by atoms with van der Waals surface area (Å²) in [6.07, 6.45) is 2.27. The van der Waals surface area contributed by atoms with Gasteiger partial charge in [0, 0.05) is 44.1 Å². The molecule has 32 heavy (non-hydrogen) atoms. The second kappa shape index (κ2) is 8.55. The number of likely N-dealkylation sites (tertiary alicyclic amines) is 1. The summed E-state index contributed by atoms with van der Waals surface area (Å²) in [5, 5.41) is 3.63. The Morgan fingerprint density at radius 1 is 0.969 bits per heavy atom. The lowest BCUT2D eigenvalue weighted by atomic mass is 9.86. The van der Waals surface area contributed by atoms with E-state index in [1.54, 1.807) is 0 Å². The van der Waals surface area contributed by atoms with E-state index in [9.17, 15) is 4.79 Å². The Labute approximate surface area is 192 Å². The van der Waals surface area contributed by atoms with Crippen LogP contribution in [0.5, 0.6) is 0 Å². The molecule has 0 radical (unpaired) electrons. The van der Waals surface area contributed by atoms with Gasteiger partial charge < -0.3 is 15.0 Å². The molecule has 5 rings (SSSR count). The number of hydrogen-bond acceptors (Lipinski definition) is 3. The Morgan fingerprint density at radius 3 is 2.19 bits per heavy atom. The fraction of sp³-hybridized carbons (Fsp3) is 0.536. The van der Waals surface area contributed by atoms with Gasteiger partial charge in [-0.2, -0.15) is 0 Å². The summed E-state index contributed by atoms with van der Waals surface area (Å²) in [5.74, 6) is 2.84. The number of benzene rings is 2. The molecule has 1 saturated carbocycles. The van der Waals surface area contributed by atoms with Crippen LogP contribution in [-0.2, 0) is 10.2 Å². The first kappa shape index (κ1) is 21.5. The molecule has 2 aliphatic heterocycles. The van der Waals surface area contributed by atoms with Gasteiger partial charge in [0.1, 0.15) is 0 Å². The van der Waals surface area contributed by atoms with E-state index in [2.05, 4.69) is 67.4 Å². The second-order valence-electron chi connectivity index (χ2n) is 10.9. The minimum absolute atomic E-state index is 0.113. The van der Waals surface area contributed by atoms with Crippen LogP contribution < -0.4 is 5.32 Å². The number of carbonyl (C=O) groups is 1. The summed E-state index contributed by atoms with van der Waals surface area (Å²) in [7, 11) is 0. The molecule has 4 heteroatoms. The molecule has 3 fully saturated rings. The fourth-order valence-corrected chi connectivity index (χ4v) is 5.55. The lowest BCUT2D eigenvalue weighted by Crippen LogP contribution is -2.32. The molecular formula is C28H36N2O2. The maximum absolute atomic E-state index is 12.9. The smallest absolute Gasteiger partial charge is 0.253 e. The monoisotopic (exact) mass is 432 g/mol. The van der Waals surface area contributed by atoms with Crippen LogP contribution in [0.3, 0.4) is 0 Å². The Balaban J connectivity index is 1.09. The number of fused-ring (bicyclic) bond motifs is 1. The predicted octanol–water partition coefficient (Wildman–Crippen LogP) is 5.31. The van der Waals surface area contributed by atoms with E-state index in [1.807, 2.05) is 12.1 Å². The molecule has 1 amide bonds. The van der Waals surface area contributed by atoms with Crippen LogP contribution in [0.2, 0.25) is 0 Å². The number of amides is 1. The molecule has 1 aliphatic carbocycles. The summed E-state index contributed by atoms with van der Waals surface area (Å²) in [6.45, 7) is 11.2. The molecule has 0 aromatic heterocycles. The standard InChI is InChI=1S/C28H36N2O2/c1-28(2,3)22-8-4-21(5-9-22)27(31)30-17-25-24(26(25)18-30)16-29-23-10-6-19(7-11-23)20-12-14-32-15-13-20/h4-11,20,24-26,29H,12-18H2,1-3H3. The van der Waals surface area contributed by atoms with Crippen molar-refractivity contribution in [2.45, 2.75) is 44.9 Å². The van der Waals surface area contributed by atoms with Gasteiger partial charge in [-0.3, -0.25) is 4.79 Å². The van der Waals surface area contributed by atoms with Crippen molar-refractivity contribution >= 4 is 11.6 Å². The van der Waals surface area contributed by atoms with Gasteiger partial charge in [-0.15, -0.1) is 0 Å². The third kappa shape index (κ3) is 4.43. The molecule has 2 atom stereocenters. The predicted molar refractivity (Wildman–Crippen MR) is 129 cm³/mol. The van der Waals surface area contributed by atoms with Gasteiger partial charge in [-0.1, -0.05) is 45.0 Å². The molecular weight excluding hydrogens is 396 g/mol. The van der Waals surface area contributed by atoms with E-state index < -0.39 is 0 Å². The third-order valence-electron chi connectivity index (χ3n) is 7.80. The normalized spacial score (nSPS) is 25.5. The Bertz CT molecular complexity index is 927. The zero-order chi connectivity index (χ0) is 22.3. The summed E-state index contributed by atoms with van der Waals surface area (Å²) in [4.78, 5) is 15.0. The van der Waals surface area contributed by atoms with Crippen molar-refractivity contribution in [2.75, 3.05) is 38.2 Å². The quantitative estimate of drug-likeness (QED) is 0.696. The number of rotatable bonds is 5. The maximum atomic E-state index is 12.9. The fourth-order valence-electron chi connectivity index (χ4n) is 5.55. The highest BCUT2D eigenvalue weighted by atomic mass is 16.5. The lowest BCUT2D eigenvalue weighted by Gasteiger charge is -2.23. The summed E-state index contributed by atoms with van der Waals surface area (Å²) in [6, 6.07) is 17.2. The van der Waals surface area contributed by atoms with Gasteiger partial charge in [-0.25, -0.2) is 0 Å². The highest BCUT2D eigenvalue weighted by Crippen LogP contribution is 2.51. The molecule has 4 nitrogen and oxygen atoms in total. The Kier molecular flexibility index (Phi) is 5.75. The lowest BCUT2D eigenvalue weighted by molar-refractivity contribution is 0.0768. The minimum atomic E-state index is 0.113. The summed E-state index contributed by atoms with van der Waals surface area (Å²) in [5.41, 5.74) is 4.84. The highest BCUT2D eigenvalue weighted by molar-refractivity contribution is 5.94. The van der Waals surface area contributed by atoms with Crippen LogP contribution in [0.25, 0.3) is 0 Å². The minimum Gasteiger partial charge on any atom is -0.385 e. The van der Waals surface area contributed by atoms with Crippen LogP contribution in [0.4, 0.5) is 5.69 Å². The Hall–Kier alpha value is -2.33. The number of piperidine rings is 1. The first-order valence-electron chi connectivity index (χ1n) is 12.2. The number of anilines is 1. The topological polar surface area (TPSA) is 41.6 Å². The first-order valence-corrected chi connectivity index (χ1v) is 12.2. The van der Waals surface area contributed by atoms with Crippen molar-refractivity contribution in [1.82, 2.24) is 4.90 Å². The van der Waals surface area contributed by atoms with Gasteiger partial charge in [-0.05, 0) is 77.3 Å². The van der Waals surface area contributed by atoms with Crippen LogP contribution in [0.15, 0.2) is 48.5 Å². The number of carbonyl (C=O) groups excluding carboxylic acids is 1. The van der Waals surface area contributed by atoms with Crippen molar-refractivity contribution in [3.8, 4) is 0 Å². The molecule has 1 N–H and O–H groups in total. The van der Waals surface area contributed by atoms with E-state index in [0.717, 1.165) is 51.3 Å². The third-order valence-corrected chi connectivity index (χ3v) is 7.80. The molecule has 170 valence electrons. The number of ether oxygens (including phenoxy) is 1. The average Bonchev–Trinajstić information content (AvgIpc) is 3.26. The van der Waals surface area contributed by atoms with Crippen molar-refractivity contribution in [3.05, 3.63) is 65.2 Å². The number of hydrogen-bond donors (Lipinski definition) is 1. The first-order chi connectivity index (χ1) is 15.4. The van der Waals surface area contributed by atoms with Crippen molar-refractivity contribution < 1.29 is 9.53 Å². The average molecular weight is 433 g/mol. The zero-order valence-corrected chi connectivity index (χ0v) is 19.6. The summed E-state index contributed by atoms with van der Waals surface area (Å²) < 4.78 is 5.48. The van der Waals surface area contributed by atoms with E-state index >= 15 is 0 Å². The zero-order valence-electron chi connectivity index (χ0n) is 19.6. The van der Waals surface area contributed by atoms with E-state index in [1.165, 1.54) is 16.8 Å². The highest BCUT2D eigenvalue weighted by Gasteiger charge is 2.56. The van der Waals surface area contributed by atoms with Crippen molar-refractivity contribution in [3.63, 3.8) is 0 Å². The largest absolute Gasteiger partial charge is 0.385 e. The van der Waals surface area contributed by atoms with Gasteiger partial charge in [0.15, 0.2) is 0 Å². The molecule has 2 heterocycles. The summed E-state index contributed by atoms with van der Waals surface area (Å²) >= 11 is 0. The molecule has 0 spiro atoms. The molecule has 3 aliphatic rings. The number of nitrogens with one attached hydrogen (secondary N) is 1. The van der Waals surface area contributed by atoms with Crippen LogP contribution in [0, 0.1) is 17.8 Å². The molecule has 2 aromatic rings. The van der Waals surface area contributed by atoms with Gasteiger partial charge in [0.2, 0.25) is 0 Å². The van der Waals surface area contributed by atoms with E-state index in [-0.39, 0.29) is 11.3 Å². The van der Waals surface area contributed by atoms with E-state index in [4.69, 9.17) is 4.74 Å². The second-order valence-corrected chi connectivity index (χ2v) is 10.9. The molecule has 0 bridgehead atoms. The van der Waals surface area contributed by atoms with Crippen molar-refractivity contribution in [1.29, 1.82) is 0 Å². The van der Waals surface area contributed by atoms with Crippen molar-refractivity contribution in [2.24, 2.45) is 17.8 Å². The van der Waals surface area contributed by atoms with E-state index in [0.29, 0.717) is 23.7 Å². The number of nitrogens with zero attached hydrogens (tertiary/aromatic N) is 1. The molecule has 2 saturated heterocycles. The molecule has 2 unspecified atom stereocenters. The van der Waals surface area contributed by atoms with Crippen LogP contribution >= 0.6 is 0 Å². The Morgan fingerprint density at radius 2 is 1.59 bits per heavy atom. The van der Waals surface area contributed by atoms with Gasteiger partial charge >= 0.3 is 0 Å². The molecule has 2 aromatic carbocycles. The maximum Gasteiger partial charge on any atom is 0.253 e. The SMILES string of the molecule is CC(C)(C)c1ccc(C(=O)N2CC3C(CNc4ccc(C5CCOCC5)cc4)C3C2)cc1. The van der Waals surface area contributed by atoms with Crippen LogP contribution in [0.1, 0.15) is 61.0 Å². The van der Waals surface area contributed by atoms with Crippen LogP contribution in [-0.4, -0.2) is 43.7 Å². The van der Waals surface area contributed by atoms with Gasteiger partial charge in [0.05, 0.1) is 0 Å².